The van der Waals surface area contributed by atoms with E-state index in [0.717, 1.165) is 31.4 Å². The molecule has 3 rings (SSSR count). The number of nitrogens with one attached hydrogen (secondary N) is 1. The van der Waals surface area contributed by atoms with Crippen LogP contribution in [-0.4, -0.2) is 18.2 Å². The first kappa shape index (κ1) is 13.8. The predicted molar refractivity (Wildman–Crippen MR) is 64.5 cm³/mol. The van der Waals surface area contributed by atoms with Crippen molar-refractivity contribution >= 4 is 0 Å². The van der Waals surface area contributed by atoms with Crippen LogP contribution in [0.4, 0.5) is 17.6 Å². The fraction of sp³-hybridized carbons (Fsp3) is 0.571. The molecule has 0 aromatic heterocycles. The van der Waals surface area contributed by atoms with E-state index >= 15 is 0 Å². The first-order valence-electron chi connectivity index (χ1n) is 6.68. The molecular weight excluding hydrogens is 274 g/mol. The standard InChI is InChI=1S/C14H15F4NO/c15-11-3-1-8(5-10(11)14(16,17)18)7-19-12-6-9-2-4-13(12)20-9/h1,3,5,9,12-13,19H,2,4,6-7H2. The van der Waals surface area contributed by atoms with E-state index in [9.17, 15) is 17.6 Å². The summed E-state index contributed by atoms with van der Waals surface area (Å²) >= 11 is 0. The van der Waals surface area contributed by atoms with Crippen molar-refractivity contribution in [1.82, 2.24) is 5.32 Å². The van der Waals surface area contributed by atoms with Crippen molar-refractivity contribution in [1.29, 1.82) is 0 Å². The van der Waals surface area contributed by atoms with E-state index in [1.165, 1.54) is 6.07 Å². The van der Waals surface area contributed by atoms with Crippen molar-refractivity contribution in [2.75, 3.05) is 0 Å². The van der Waals surface area contributed by atoms with Crippen molar-refractivity contribution in [3.05, 3.63) is 35.1 Å². The lowest BCUT2D eigenvalue weighted by Crippen LogP contribution is -2.37. The van der Waals surface area contributed by atoms with Gasteiger partial charge in [0.2, 0.25) is 0 Å². The molecule has 2 heterocycles. The van der Waals surface area contributed by atoms with Crippen molar-refractivity contribution in [3.8, 4) is 0 Å². The van der Waals surface area contributed by atoms with Crippen LogP contribution in [0.1, 0.15) is 30.4 Å². The largest absolute Gasteiger partial charge is 0.419 e. The average Bonchev–Trinajstić information content (AvgIpc) is 2.98. The van der Waals surface area contributed by atoms with E-state index in [-0.39, 0.29) is 18.2 Å². The minimum atomic E-state index is -4.66. The normalized spacial score (nSPS) is 29.1. The highest BCUT2D eigenvalue weighted by Crippen LogP contribution is 2.35. The van der Waals surface area contributed by atoms with Crippen molar-refractivity contribution in [2.45, 2.75) is 50.2 Å². The Labute approximate surface area is 114 Å². The van der Waals surface area contributed by atoms with Crippen LogP contribution < -0.4 is 5.32 Å². The van der Waals surface area contributed by atoms with E-state index in [1.807, 2.05) is 0 Å². The van der Waals surface area contributed by atoms with Gasteiger partial charge in [-0.25, -0.2) is 4.39 Å². The SMILES string of the molecule is Fc1ccc(CNC2CC3CCC2O3)cc1C(F)(F)F. The molecule has 110 valence electrons. The highest BCUT2D eigenvalue weighted by molar-refractivity contribution is 5.27. The molecule has 3 unspecified atom stereocenters. The Kier molecular flexibility index (Phi) is 3.46. The number of hydrogen-bond donors (Lipinski definition) is 1. The minimum absolute atomic E-state index is 0.169. The second-order valence-corrected chi connectivity index (χ2v) is 5.41. The molecule has 0 amide bonds. The molecular formula is C14H15F4NO. The van der Waals surface area contributed by atoms with Crippen LogP contribution in [0.3, 0.4) is 0 Å². The summed E-state index contributed by atoms with van der Waals surface area (Å²) in [5.41, 5.74) is -0.775. The highest BCUT2D eigenvalue weighted by Gasteiger charge is 2.40. The lowest BCUT2D eigenvalue weighted by atomic mass is 9.95. The van der Waals surface area contributed by atoms with Gasteiger partial charge in [-0.15, -0.1) is 0 Å². The lowest BCUT2D eigenvalue weighted by Gasteiger charge is -2.20. The van der Waals surface area contributed by atoms with Gasteiger partial charge in [0.15, 0.2) is 0 Å². The molecule has 2 fully saturated rings. The number of benzene rings is 1. The third kappa shape index (κ3) is 2.67. The second-order valence-electron chi connectivity index (χ2n) is 5.41. The molecule has 2 nitrogen and oxygen atoms in total. The molecule has 2 bridgehead atoms. The van der Waals surface area contributed by atoms with Crippen LogP contribution in [0.25, 0.3) is 0 Å². The van der Waals surface area contributed by atoms with E-state index in [0.29, 0.717) is 12.1 Å². The van der Waals surface area contributed by atoms with Crippen LogP contribution >= 0.6 is 0 Å². The number of alkyl halides is 3. The first-order chi connectivity index (χ1) is 9.43. The van der Waals surface area contributed by atoms with Gasteiger partial charge in [0, 0.05) is 12.6 Å². The average molecular weight is 289 g/mol. The van der Waals surface area contributed by atoms with Gasteiger partial charge in [0.25, 0.3) is 0 Å². The maximum atomic E-state index is 13.2. The Hall–Kier alpha value is -1.14. The first-order valence-corrected chi connectivity index (χ1v) is 6.68. The number of halogens is 4. The topological polar surface area (TPSA) is 21.3 Å². The van der Waals surface area contributed by atoms with Gasteiger partial charge < -0.3 is 10.1 Å². The Bertz CT molecular complexity index is 502. The smallest absolute Gasteiger partial charge is 0.373 e. The second kappa shape index (κ2) is 5.00. The summed E-state index contributed by atoms with van der Waals surface area (Å²) in [6, 6.07) is 3.31. The minimum Gasteiger partial charge on any atom is -0.373 e. The van der Waals surface area contributed by atoms with Gasteiger partial charge >= 0.3 is 6.18 Å². The third-order valence-corrected chi connectivity index (χ3v) is 4.01. The number of rotatable bonds is 3. The molecule has 1 aromatic carbocycles. The maximum absolute atomic E-state index is 13.2. The molecule has 2 aliphatic rings. The summed E-state index contributed by atoms with van der Waals surface area (Å²) in [5, 5.41) is 3.21. The third-order valence-electron chi connectivity index (χ3n) is 4.01. The molecule has 3 atom stereocenters. The van der Waals surface area contributed by atoms with Crippen LogP contribution in [0.15, 0.2) is 18.2 Å². The van der Waals surface area contributed by atoms with Gasteiger partial charge in [0.1, 0.15) is 5.82 Å². The van der Waals surface area contributed by atoms with Crippen molar-refractivity contribution in [2.24, 2.45) is 0 Å². The van der Waals surface area contributed by atoms with Crippen LogP contribution in [0, 0.1) is 5.82 Å². The molecule has 20 heavy (non-hydrogen) atoms. The van der Waals surface area contributed by atoms with Crippen LogP contribution in [0.5, 0.6) is 0 Å². The molecule has 6 heteroatoms. The fourth-order valence-electron chi connectivity index (χ4n) is 3.00. The van der Waals surface area contributed by atoms with Crippen molar-refractivity contribution in [3.63, 3.8) is 0 Å². The molecule has 0 radical (unpaired) electrons. The molecule has 0 saturated carbocycles. The Morgan fingerprint density at radius 2 is 2.05 bits per heavy atom. The monoisotopic (exact) mass is 289 g/mol. The zero-order chi connectivity index (χ0) is 14.3. The molecule has 1 N–H and O–H groups in total. The Morgan fingerprint density at radius 1 is 1.25 bits per heavy atom. The Morgan fingerprint density at radius 3 is 2.65 bits per heavy atom. The van der Waals surface area contributed by atoms with E-state index in [4.69, 9.17) is 4.74 Å². The summed E-state index contributed by atoms with van der Waals surface area (Å²) in [5.74, 6) is -1.23. The number of fused-ring (bicyclic) bond motifs is 2. The number of ether oxygens (including phenoxy) is 1. The van der Waals surface area contributed by atoms with Gasteiger partial charge in [-0.3, -0.25) is 0 Å². The molecule has 0 spiro atoms. The van der Waals surface area contributed by atoms with E-state index in [2.05, 4.69) is 5.32 Å². The molecule has 1 aromatic rings. The Balaban J connectivity index is 1.66. The van der Waals surface area contributed by atoms with Gasteiger partial charge in [-0.1, -0.05) is 6.07 Å². The van der Waals surface area contributed by atoms with Crippen LogP contribution in [0.2, 0.25) is 0 Å². The van der Waals surface area contributed by atoms with E-state index < -0.39 is 17.6 Å². The highest BCUT2D eigenvalue weighted by atomic mass is 19.4. The van der Waals surface area contributed by atoms with Gasteiger partial charge in [-0.2, -0.15) is 13.2 Å². The maximum Gasteiger partial charge on any atom is 0.419 e. The quantitative estimate of drug-likeness (QED) is 0.862. The molecule has 2 saturated heterocycles. The van der Waals surface area contributed by atoms with Gasteiger partial charge in [-0.05, 0) is 37.0 Å². The summed E-state index contributed by atoms with van der Waals surface area (Å²) in [6.07, 6.45) is -1.23. The zero-order valence-electron chi connectivity index (χ0n) is 10.7. The summed E-state index contributed by atoms with van der Waals surface area (Å²) in [6.45, 7) is 0.292. The predicted octanol–water partition coefficient (Wildman–Crippen LogP) is 3.25. The summed E-state index contributed by atoms with van der Waals surface area (Å²) < 4.78 is 56.7. The fourth-order valence-corrected chi connectivity index (χ4v) is 3.00. The summed E-state index contributed by atoms with van der Waals surface area (Å²) in [7, 11) is 0. The molecule has 0 aliphatic carbocycles. The van der Waals surface area contributed by atoms with Crippen molar-refractivity contribution < 1.29 is 22.3 Å². The van der Waals surface area contributed by atoms with Crippen LogP contribution in [-0.2, 0) is 17.5 Å². The lowest BCUT2D eigenvalue weighted by molar-refractivity contribution is -0.140. The molecule has 2 aliphatic heterocycles. The van der Waals surface area contributed by atoms with E-state index in [1.54, 1.807) is 0 Å². The summed E-state index contributed by atoms with van der Waals surface area (Å²) in [4.78, 5) is 0. The van der Waals surface area contributed by atoms with Gasteiger partial charge in [0.05, 0.1) is 17.8 Å². The number of hydrogen-bond acceptors (Lipinski definition) is 2. The zero-order valence-corrected chi connectivity index (χ0v) is 10.7.